The van der Waals surface area contributed by atoms with E-state index in [1.807, 2.05) is 0 Å². The second kappa shape index (κ2) is 4.12. The topological polar surface area (TPSA) is 81.1 Å². The summed E-state index contributed by atoms with van der Waals surface area (Å²) in [4.78, 5) is 10.8. The van der Waals surface area contributed by atoms with Gasteiger partial charge in [0.15, 0.2) is 0 Å². The summed E-state index contributed by atoms with van der Waals surface area (Å²) < 4.78 is 0. The predicted molar refractivity (Wildman–Crippen MR) is 59.2 cm³/mol. The van der Waals surface area contributed by atoms with Gasteiger partial charge in [0.1, 0.15) is 0 Å². The molecule has 1 aliphatic rings. The second-order valence-electron chi connectivity index (χ2n) is 3.96. The van der Waals surface area contributed by atoms with E-state index >= 15 is 0 Å². The van der Waals surface area contributed by atoms with E-state index in [4.69, 9.17) is 11.5 Å². The summed E-state index contributed by atoms with van der Waals surface area (Å²) in [5.74, 6) is 0.346. The van der Waals surface area contributed by atoms with Gasteiger partial charge in [-0.1, -0.05) is 0 Å². The van der Waals surface area contributed by atoms with E-state index < -0.39 is 0 Å². The molecule has 5 heteroatoms. The van der Waals surface area contributed by atoms with Gasteiger partial charge in [-0.25, -0.2) is 9.97 Å². The molecule has 0 radical (unpaired) electrons. The fourth-order valence-electron chi connectivity index (χ4n) is 1.98. The van der Waals surface area contributed by atoms with Crippen LogP contribution in [0.5, 0.6) is 0 Å². The van der Waals surface area contributed by atoms with Crippen LogP contribution in [0.2, 0.25) is 0 Å². The van der Waals surface area contributed by atoms with Gasteiger partial charge in [-0.15, -0.1) is 0 Å². The van der Waals surface area contributed by atoms with E-state index in [9.17, 15) is 0 Å². The van der Waals surface area contributed by atoms with Crippen LogP contribution in [0.1, 0.15) is 17.0 Å². The van der Waals surface area contributed by atoms with Crippen molar-refractivity contribution in [1.82, 2.24) is 14.9 Å². The van der Waals surface area contributed by atoms with E-state index in [0.717, 1.165) is 37.3 Å². The Morgan fingerprint density at radius 3 is 2.73 bits per heavy atom. The molecule has 1 aromatic rings. The van der Waals surface area contributed by atoms with E-state index in [0.29, 0.717) is 12.5 Å². The molecule has 2 rings (SSSR count). The molecular weight excluding hydrogens is 190 g/mol. The first-order chi connectivity index (χ1) is 7.20. The zero-order valence-corrected chi connectivity index (χ0v) is 9.03. The van der Waals surface area contributed by atoms with Gasteiger partial charge in [-0.05, 0) is 19.0 Å². The smallest absolute Gasteiger partial charge is 0.220 e. The van der Waals surface area contributed by atoms with Crippen LogP contribution in [-0.4, -0.2) is 35.0 Å². The van der Waals surface area contributed by atoms with Gasteiger partial charge in [0, 0.05) is 26.1 Å². The van der Waals surface area contributed by atoms with Crippen LogP contribution in [0, 0.1) is 0 Å². The Kier molecular flexibility index (Phi) is 2.83. The lowest BCUT2D eigenvalue weighted by atomic mass is 10.1. The molecule has 5 nitrogen and oxygen atoms in total. The first kappa shape index (κ1) is 10.3. The monoisotopic (exact) mass is 207 g/mol. The Hall–Kier alpha value is -1.20. The van der Waals surface area contributed by atoms with Crippen molar-refractivity contribution in [3.63, 3.8) is 0 Å². The molecule has 0 unspecified atom stereocenters. The molecular formula is C10H17N5. The van der Waals surface area contributed by atoms with Gasteiger partial charge in [0.05, 0.1) is 11.4 Å². The number of nitrogens with two attached hydrogens (primary N) is 2. The first-order valence-electron chi connectivity index (χ1n) is 5.23. The van der Waals surface area contributed by atoms with Crippen molar-refractivity contribution >= 4 is 5.95 Å². The highest BCUT2D eigenvalue weighted by Gasteiger charge is 2.16. The Morgan fingerprint density at radius 1 is 1.27 bits per heavy atom. The third kappa shape index (κ3) is 2.08. The van der Waals surface area contributed by atoms with Gasteiger partial charge >= 0.3 is 0 Å². The van der Waals surface area contributed by atoms with E-state index in [1.165, 1.54) is 5.56 Å². The van der Waals surface area contributed by atoms with Crippen LogP contribution in [0.25, 0.3) is 0 Å². The van der Waals surface area contributed by atoms with Crippen molar-refractivity contribution in [1.29, 1.82) is 0 Å². The number of anilines is 1. The predicted octanol–water partition coefficient (Wildman–Crippen LogP) is -0.452. The highest BCUT2D eigenvalue weighted by atomic mass is 15.1. The molecule has 0 fully saturated rings. The molecule has 0 atom stereocenters. The summed E-state index contributed by atoms with van der Waals surface area (Å²) in [6, 6.07) is 0. The van der Waals surface area contributed by atoms with E-state index in [-0.39, 0.29) is 0 Å². The summed E-state index contributed by atoms with van der Waals surface area (Å²) in [5.41, 5.74) is 14.5. The quantitative estimate of drug-likeness (QED) is 0.651. The van der Waals surface area contributed by atoms with Crippen molar-refractivity contribution in [2.75, 3.05) is 25.9 Å². The van der Waals surface area contributed by atoms with Crippen LogP contribution in [0.3, 0.4) is 0 Å². The van der Waals surface area contributed by atoms with Crippen LogP contribution in [0.15, 0.2) is 0 Å². The number of aromatic nitrogens is 2. The third-order valence-electron chi connectivity index (χ3n) is 2.86. The number of hydrogen-bond donors (Lipinski definition) is 2. The van der Waals surface area contributed by atoms with Crippen LogP contribution in [0.4, 0.5) is 5.95 Å². The Labute approximate surface area is 89.5 Å². The average molecular weight is 207 g/mol. The van der Waals surface area contributed by atoms with Gasteiger partial charge in [-0.3, -0.25) is 0 Å². The minimum Gasteiger partial charge on any atom is -0.368 e. The van der Waals surface area contributed by atoms with Crippen molar-refractivity contribution in [3.05, 3.63) is 17.0 Å². The molecule has 0 saturated carbocycles. The summed E-state index contributed by atoms with van der Waals surface area (Å²) in [7, 11) is 2.12. The fraction of sp³-hybridized carbons (Fsp3) is 0.600. The maximum absolute atomic E-state index is 5.67. The maximum atomic E-state index is 5.67. The van der Waals surface area contributed by atoms with E-state index in [1.54, 1.807) is 0 Å². The zero-order valence-electron chi connectivity index (χ0n) is 9.03. The molecule has 1 aliphatic heterocycles. The molecule has 2 heterocycles. The zero-order chi connectivity index (χ0) is 10.8. The summed E-state index contributed by atoms with van der Waals surface area (Å²) in [5, 5.41) is 0. The molecule has 0 spiro atoms. The van der Waals surface area contributed by atoms with Crippen molar-refractivity contribution in [3.8, 4) is 0 Å². The summed E-state index contributed by atoms with van der Waals surface area (Å²) in [6.07, 6.45) is 1.91. The van der Waals surface area contributed by atoms with Gasteiger partial charge in [0.25, 0.3) is 0 Å². The molecule has 0 aliphatic carbocycles. The molecule has 0 bridgehead atoms. The molecule has 15 heavy (non-hydrogen) atoms. The van der Waals surface area contributed by atoms with Crippen molar-refractivity contribution in [2.45, 2.75) is 19.4 Å². The van der Waals surface area contributed by atoms with Crippen LogP contribution in [-0.2, 0) is 19.4 Å². The average Bonchev–Trinajstić information content (AvgIpc) is 2.40. The summed E-state index contributed by atoms with van der Waals surface area (Å²) in [6.45, 7) is 2.50. The van der Waals surface area contributed by atoms with Crippen molar-refractivity contribution in [2.24, 2.45) is 5.73 Å². The third-order valence-corrected chi connectivity index (χ3v) is 2.86. The van der Waals surface area contributed by atoms with E-state index in [2.05, 4.69) is 21.9 Å². The minimum atomic E-state index is 0.346. The number of likely N-dealkylation sites (N-methyl/N-ethyl adjacent to an activating group) is 1. The maximum Gasteiger partial charge on any atom is 0.220 e. The number of fused-ring (bicyclic) bond motifs is 1. The number of hydrogen-bond acceptors (Lipinski definition) is 5. The molecule has 4 N–H and O–H groups in total. The SMILES string of the molecule is CN1CCc2nc(N)nc(CN)c2CC1. The highest BCUT2D eigenvalue weighted by Crippen LogP contribution is 2.17. The number of nitrogens with zero attached hydrogens (tertiary/aromatic N) is 3. The Morgan fingerprint density at radius 2 is 2.00 bits per heavy atom. The number of rotatable bonds is 1. The lowest BCUT2D eigenvalue weighted by Gasteiger charge is -2.11. The van der Waals surface area contributed by atoms with Gasteiger partial charge < -0.3 is 16.4 Å². The fourth-order valence-corrected chi connectivity index (χ4v) is 1.98. The number of nitrogen functional groups attached to an aromatic ring is 1. The lowest BCUT2D eigenvalue weighted by Crippen LogP contribution is -2.20. The second-order valence-corrected chi connectivity index (χ2v) is 3.96. The Balaban J connectivity index is 2.41. The van der Waals surface area contributed by atoms with Crippen LogP contribution >= 0.6 is 0 Å². The standard InChI is InChI=1S/C10H17N5/c1-15-4-2-7-8(3-5-15)13-10(12)14-9(7)6-11/h2-6,11H2,1H3,(H2,12,13,14). The van der Waals surface area contributed by atoms with Gasteiger partial charge in [-0.2, -0.15) is 0 Å². The molecule has 1 aromatic heterocycles. The van der Waals surface area contributed by atoms with Crippen LogP contribution < -0.4 is 11.5 Å². The summed E-state index contributed by atoms with van der Waals surface area (Å²) >= 11 is 0. The Bertz CT molecular complexity index is 363. The largest absolute Gasteiger partial charge is 0.368 e. The first-order valence-corrected chi connectivity index (χ1v) is 5.23. The lowest BCUT2D eigenvalue weighted by molar-refractivity contribution is 0.351. The molecule has 0 saturated heterocycles. The minimum absolute atomic E-state index is 0.346. The normalized spacial score (nSPS) is 17.2. The highest BCUT2D eigenvalue weighted by molar-refractivity contribution is 5.33. The molecule has 0 aromatic carbocycles. The molecule has 82 valence electrons. The van der Waals surface area contributed by atoms with Gasteiger partial charge in [0.2, 0.25) is 5.95 Å². The van der Waals surface area contributed by atoms with Crippen molar-refractivity contribution < 1.29 is 0 Å². The molecule has 0 amide bonds.